The number of aromatic nitrogens is 2. The normalized spacial score (nSPS) is 26.2. The largest absolute Gasteiger partial charge is 0.483 e. The highest BCUT2D eigenvalue weighted by molar-refractivity contribution is 5.92. The van der Waals surface area contributed by atoms with E-state index in [4.69, 9.17) is 19.8 Å². The van der Waals surface area contributed by atoms with E-state index in [2.05, 4.69) is 31.7 Å². The number of rotatable bonds is 5. The number of aliphatic hydroxyl groups excluding tert-OH is 1. The van der Waals surface area contributed by atoms with Crippen LogP contribution in [-0.4, -0.2) is 131 Å². The van der Waals surface area contributed by atoms with E-state index in [0.29, 0.717) is 11.6 Å². The predicted octanol–water partition coefficient (Wildman–Crippen LogP) is -0.594. The van der Waals surface area contributed by atoms with Crippen LogP contribution in [0.1, 0.15) is 23.3 Å². The maximum atomic E-state index is 12.9. The Balaban J connectivity index is 0.000000520. The van der Waals surface area contributed by atoms with Gasteiger partial charge in [0, 0.05) is 64.3 Å². The van der Waals surface area contributed by atoms with E-state index in [1.807, 2.05) is 4.90 Å². The summed E-state index contributed by atoms with van der Waals surface area (Å²) < 4.78 is 0. The fourth-order valence-electron chi connectivity index (χ4n) is 5.28. The van der Waals surface area contributed by atoms with Gasteiger partial charge in [-0.3, -0.25) is 19.4 Å². The Hall–Kier alpha value is -2.83. The zero-order valence-corrected chi connectivity index (χ0v) is 20.2. The third-order valence-corrected chi connectivity index (χ3v) is 7.31. The molecule has 1 saturated carbocycles. The van der Waals surface area contributed by atoms with Crippen LogP contribution < -0.4 is 4.90 Å². The molecular weight excluding hydrogens is 456 g/mol. The van der Waals surface area contributed by atoms with E-state index in [1.165, 1.54) is 19.4 Å². The van der Waals surface area contributed by atoms with Crippen LogP contribution in [0.15, 0.2) is 12.4 Å². The lowest BCUT2D eigenvalue weighted by molar-refractivity contribution is -0.123. The topological polar surface area (TPSA) is 151 Å². The summed E-state index contributed by atoms with van der Waals surface area (Å²) >= 11 is 0. The maximum Gasteiger partial charge on any atom is 0.290 e. The van der Waals surface area contributed by atoms with Gasteiger partial charge in [0.05, 0.1) is 19.0 Å². The van der Waals surface area contributed by atoms with E-state index >= 15 is 0 Å². The van der Waals surface area contributed by atoms with Crippen molar-refractivity contribution >= 4 is 24.7 Å². The second kappa shape index (κ2) is 12.2. The Morgan fingerprint density at radius 1 is 1.09 bits per heavy atom. The molecule has 0 spiro atoms. The second-order valence-electron chi connectivity index (χ2n) is 9.80. The number of anilines is 1. The first-order chi connectivity index (χ1) is 16.9. The highest BCUT2D eigenvalue weighted by atomic mass is 16.3. The number of carboxylic acid groups (broad SMARTS) is 2. The highest BCUT2D eigenvalue weighted by Gasteiger charge is 2.52. The van der Waals surface area contributed by atoms with Crippen molar-refractivity contribution in [1.82, 2.24) is 24.7 Å². The SMILES string of the molecule is CN1CCN(C(=O)c2cncc(N3CC4CN(CC5CC5)CC4(CO)C3)n2)CC1.O=CO.O=CO. The molecule has 1 amide bonds. The van der Waals surface area contributed by atoms with Gasteiger partial charge in [0.2, 0.25) is 0 Å². The van der Waals surface area contributed by atoms with Crippen molar-refractivity contribution in [3.63, 3.8) is 0 Å². The van der Waals surface area contributed by atoms with Gasteiger partial charge in [-0.1, -0.05) is 0 Å². The minimum Gasteiger partial charge on any atom is -0.483 e. The number of likely N-dealkylation sites (tertiary alicyclic amines) is 1. The van der Waals surface area contributed by atoms with E-state index in [1.54, 1.807) is 12.4 Å². The summed E-state index contributed by atoms with van der Waals surface area (Å²) in [6, 6.07) is 0. The zero-order valence-electron chi connectivity index (χ0n) is 20.2. The molecule has 3 N–H and O–H groups in total. The van der Waals surface area contributed by atoms with Gasteiger partial charge in [0.1, 0.15) is 11.5 Å². The Kier molecular flexibility index (Phi) is 9.35. The van der Waals surface area contributed by atoms with E-state index in [9.17, 15) is 9.90 Å². The second-order valence-corrected chi connectivity index (χ2v) is 9.80. The Labute approximate surface area is 205 Å². The van der Waals surface area contributed by atoms with Gasteiger partial charge >= 0.3 is 0 Å². The van der Waals surface area contributed by atoms with Crippen molar-refractivity contribution in [3.05, 3.63) is 18.1 Å². The molecule has 4 aliphatic rings. The van der Waals surface area contributed by atoms with Crippen LogP contribution in [0, 0.1) is 17.3 Å². The summed E-state index contributed by atoms with van der Waals surface area (Å²) in [4.78, 5) is 47.5. The number of amides is 1. The first-order valence-electron chi connectivity index (χ1n) is 11.9. The molecule has 3 saturated heterocycles. The fourth-order valence-corrected chi connectivity index (χ4v) is 5.28. The lowest BCUT2D eigenvalue weighted by atomic mass is 9.82. The molecule has 2 atom stereocenters. The van der Waals surface area contributed by atoms with Gasteiger partial charge in [-0.05, 0) is 31.7 Å². The molecule has 35 heavy (non-hydrogen) atoms. The van der Waals surface area contributed by atoms with Gasteiger partial charge in [-0.2, -0.15) is 0 Å². The summed E-state index contributed by atoms with van der Waals surface area (Å²) in [5.41, 5.74) is 0.353. The number of fused-ring (bicyclic) bond motifs is 1. The number of likely N-dealkylation sites (N-methyl/N-ethyl adjacent to an activating group) is 1. The number of aliphatic hydroxyl groups is 1. The monoisotopic (exact) mass is 492 g/mol. The van der Waals surface area contributed by atoms with Crippen molar-refractivity contribution in [2.45, 2.75) is 12.8 Å². The molecule has 5 rings (SSSR count). The molecule has 0 aromatic carbocycles. The van der Waals surface area contributed by atoms with Gasteiger partial charge in [0.25, 0.3) is 18.9 Å². The quantitative estimate of drug-likeness (QED) is 0.452. The number of carbonyl (C=O) groups is 3. The molecule has 0 bridgehead atoms. The highest BCUT2D eigenvalue weighted by Crippen LogP contribution is 2.44. The number of hydrogen-bond acceptors (Lipinski definition) is 9. The average molecular weight is 493 g/mol. The molecule has 12 nitrogen and oxygen atoms in total. The van der Waals surface area contributed by atoms with Crippen molar-refractivity contribution in [2.75, 3.05) is 77.5 Å². The molecule has 3 aliphatic heterocycles. The minimum absolute atomic E-state index is 0.0284. The Morgan fingerprint density at radius 2 is 1.74 bits per heavy atom. The number of piperazine rings is 1. The fraction of sp³-hybridized carbons (Fsp3) is 0.696. The summed E-state index contributed by atoms with van der Waals surface area (Å²) in [5.74, 6) is 2.06. The lowest BCUT2D eigenvalue weighted by Crippen LogP contribution is -2.47. The van der Waals surface area contributed by atoms with Crippen molar-refractivity contribution in [3.8, 4) is 0 Å². The summed E-state index contributed by atoms with van der Waals surface area (Å²) in [6.07, 6.45) is 6.07. The van der Waals surface area contributed by atoms with Gasteiger partial charge in [0.15, 0.2) is 0 Å². The van der Waals surface area contributed by atoms with Gasteiger partial charge in [-0.25, -0.2) is 4.98 Å². The zero-order chi connectivity index (χ0) is 25.4. The molecule has 4 fully saturated rings. The number of hydrogen-bond donors (Lipinski definition) is 3. The van der Waals surface area contributed by atoms with Crippen LogP contribution in [-0.2, 0) is 9.59 Å². The van der Waals surface area contributed by atoms with Crippen LogP contribution in [0.2, 0.25) is 0 Å². The van der Waals surface area contributed by atoms with Crippen LogP contribution in [0.3, 0.4) is 0 Å². The maximum absolute atomic E-state index is 12.9. The molecular formula is C23H36N6O6. The van der Waals surface area contributed by atoms with Crippen LogP contribution in [0.5, 0.6) is 0 Å². The Bertz CT molecular complexity index is 857. The smallest absolute Gasteiger partial charge is 0.290 e. The van der Waals surface area contributed by atoms with Gasteiger partial charge < -0.3 is 34.9 Å². The average Bonchev–Trinajstić information content (AvgIpc) is 3.50. The molecule has 12 heteroatoms. The molecule has 2 unspecified atom stereocenters. The summed E-state index contributed by atoms with van der Waals surface area (Å²) in [6.45, 7) is 7.84. The van der Waals surface area contributed by atoms with Crippen LogP contribution >= 0.6 is 0 Å². The predicted molar refractivity (Wildman–Crippen MR) is 127 cm³/mol. The van der Waals surface area contributed by atoms with E-state index in [0.717, 1.165) is 64.1 Å². The van der Waals surface area contributed by atoms with E-state index in [-0.39, 0.29) is 30.9 Å². The third-order valence-electron chi connectivity index (χ3n) is 7.31. The molecule has 194 valence electrons. The molecule has 1 aliphatic carbocycles. The summed E-state index contributed by atoms with van der Waals surface area (Å²) in [7, 11) is 2.08. The summed E-state index contributed by atoms with van der Waals surface area (Å²) in [5, 5.41) is 24.0. The van der Waals surface area contributed by atoms with Crippen molar-refractivity contribution in [1.29, 1.82) is 0 Å². The first kappa shape index (κ1) is 26.8. The minimum atomic E-state index is -0.250. The Morgan fingerprint density at radius 3 is 2.31 bits per heavy atom. The standard InChI is InChI=1S/C21H32N6O2.2CH2O2/c1-24-4-6-26(7-5-24)20(29)18-8-22-9-19(23-18)27-12-17-11-25(10-16-2-3-16)13-21(17,14-27)15-28;2*2-1-3/h8-9,16-17,28H,2-7,10-15H2,1H3;2*1H,(H,2,3). The van der Waals surface area contributed by atoms with Crippen LogP contribution in [0.25, 0.3) is 0 Å². The van der Waals surface area contributed by atoms with Crippen LogP contribution in [0.4, 0.5) is 5.82 Å². The van der Waals surface area contributed by atoms with Gasteiger partial charge in [-0.15, -0.1) is 0 Å². The molecule has 1 aromatic heterocycles. The molecule has 4 heterocycles. The first-order valence-corrected chi connectivity index (χ1v) is 11.9. The van der Waals surface area contributed by atoms with Crippen molar-refractivity contribution < 1.29 is 29.7 Å². The van der Waals surface area contributed by atoms with Crippen molar-refractivity contribution in [2.24, 2.45) is 17.3 Å². The number of nitrogens with zero attached hydrogens (tertiary/aromatic N) is 6. The molecule has 1 aromatic rings. The molecule has 0 radical (unpaired) electrons. The third kappa shape index (κ3) is 6.65. The van der Waals surface area contributed by atoms with E-state index < -0.39 is 0 Å². The number of carbonyl (C=O) groups excluding carboxylic acids is 1. The lowest BCUT2D eigenvalue weighted by Gasteiger charge is -2.32.